The monoisotopic (exact) mass is 300 g/mol. The third-order valence-electron chi connectivity index (χ3n) is 4.13. The summed E-state index contributed by atoms with van der Waals surface area (Å²) < 4.78 is 0. The van der Waals surface area contributed by atoms with E-state index in [-0.39, 0.29) is 6.04 Å². The second kappa shape index (κ2) is 6.50. The lowest BCUT2D eigenvalue weighted by Crippen LogP contribution is -2.21. The van der Waals surface area contributed by atoms with Gasteiger partial charge >= 0.3 is 0 Å². The minimum absolute atomic E-state index is 0.234. The van der Waals surface area contributed by atoms with Gasteiger partial charge in [0.2, 0.25) is 0 Å². The SMILES string of the molecule is C[C@H](NCc1cccc2c1NCCC2)c1ccccc1Cl. The molecule has 0 fully saturated rings. The van der Waals surface area contributed by atoms with Gasteiger partial charge in [-0.05, 0) is 42.5 Å². The average molecular weight is 301 g/mol. The molecule has 1 heterocycles. The number of fused-ring (bicyclic) bond motifs is 1. The van der Waals surface area contributed by atoms with Crippen molar-refractivity contribution in [2.45, 2.75) is 32.4 Å². The van der Waals surface area contributed by atoms with Crippen molar-refractivity contribution >= 4 is 17.3 Å². The maximum absolute atomic E-state index is 6.26. The molecule has 3 heteroatoms. The Morgan fingerprint density at radius 2 is 2.05 bits per heavy atom. The van der Waals surface area contributed by atoms with E-state index in [0.29, 0.717) is 0 Å². The molecule has 0 bridgehead atoms. The van der Waals surface area contributed by atoms with Gasteiger partial charge < -0.3 is 10.6 Å². The minimum Gasteiger partial charge on any atom is -0.385 e. The van der Waals surface area contributed by atoms with Crippen LogP contribution < -0.4 is 10.6 Å². The van der Waals surface area contributed by atoms with Crippen LogP contribution in [0.2, 0.25) is 5.02 Å². The molecular weight excluding hydrogens is 280 g/mol. The summed E-state index contributed by atoms with van der Waals surface area (Å²) in [4.78, 5) is 0. The van der Waals surface area contributed by atoms with Crippen LogP contribution in [0.1, 0.15) is 36.1 Å². The number of nitrogens with one attached hydrogen (secondary N) is 2. The van der Waals surface area contributed by atoms with Crippen LogP contribution in [0.15, 0.2) is 42.5 Å². The summed E-state index contributed by atoms with van der Waals surface area (Å²) in [6.07, 6.45) is 2.40. The van der Waals surface area contributed by atoms with E-state index < -0.39 is 0 Å². The molecule has 2 aromatic rings. The maximum atomic E-state index is 6.26. The zero-order valence-corrected chi connectivity index (χ0v) is 13.1. The van der Waals surface area contributed by atoms with Gasteiger partial charge in [0, 0.05) is 29.8 Å². The van der Waals surface area contributed by atoms with Gasteiger partial charge in [0.05, 0.1) is 0 Å². The fourth-order valence-electron chi connectivity index (χ4n) is 2.93. The zero-order valence-electron chi connectivity index (χ0n) is 12.3. The predicted octanol–water partition coefficient (Wildman–Crippen LogP) is 4.55. The first-order chi connectivity index (χ1) is 10.3. The van der Waals surface area contributed by atoms with Crippen molar-refractivity contribution in [3.8, 4) is 0 Å². The quantitative estimate of drug-likeness (QED) is 0.865. The number of benzene rings is 2. The fraction of sp³-hybridized carbons (Fsp3) is 0.333. The molecule has 2 N–H and O–H groups in total. The molecule has 0 aromatic heterocycles. The molecule has 1 atom stereocenters. The van der Waals surface area contributed by atoms with E-state index in [1.54, 1.807) is 0 Å². The summed E-state index contributed by atoms with van der Waals surface area (Å²) in [5.74, 6) is 0. The molecule has 1 aliphatic rings. The Kier molecular flexibility index (Phi) is 4.47. The summed E-state index contributed by atoms with van der Waals surface area (Å²) in [5.41, 5.74) is 5.25. The molecule has 2 aromatic carbocycles. The van der Waals surface area contributed by atoms with Crippen molar-refractivity contribution in [2.24, 2.45) is 0 Å². The zero-order chi connectivity index (χ0) is 14.7. The van der Waals surface area contributed by atoms with Gasteiger partial charge in [0.1, 0.15) is 0 Å². The van der Waals surface area contributed by atoms with Crippen LogP contribution in [0.3, 0.4) is 0 Å². The second-order valence-electron chi connectivity index (χ2n) is 5.61. The van der Waals surface area contributed by atoms with Gasteiger partial charge in [-0.3, -0.25) is 0 Å². The Balaban J connectivity index is 1.72. The summed E-state index contributed by atoms with van der Waals surface area (Å²) >= 11 is 6.26. The van der Waals surface area contributed by atoms with Crippen molar-refractivity contribution in [3.05, 3.63) is 64.2 Å². The van der Waals surface area contributed by atoms with E-state index in [1.807, 2.05) is 18.2 Å². The van der Waals surface area contributed by atoms with Crippen LogP contribution in [0, 0.1) is 0 Å². The summed E-state index contributed by atoms with van der Waals surface area (Å²) in [7, 11) is 0. The van der Waals surface area contributed by atoms with Gasteiger partial charge in [-0.1, -0.05) is 48.0 Å². The number of anilines is 1. The highest BCUT2D eigenvalue weighted by molar-refractivity contribution is 6.31. The first kappa shape index (κ1) is 14.4. The molecule has 3 rings (SSSR count). The molecule has 0 amide bonds. The van der Waals surface area contributed by atoms with Crippen molar-refractivity contribution in [1.29, 1.82) is 0 Å². The third kappa shape index (κ3) is 3.22. The Bertz CT molecular complexity index is 624. The van der Waals surface area contributed by atoms with Gasteiger partial charge in [-0.15, -0.1) is 0 Å². The Labute approximate surface area is 131 Å². The van der Waals surface area contributed by atoms with Gasteiger partial charge in [0.15, 0.2) is 0 Å². The molecule has 0 aliphatic carbocycles. The van der Waals surface area contributed by atoms with Crippen LogP contribution in [0.5, 0.6) is 0 Å². The molecule has 21 heavy (non-hydrogen) atoms. The maximum Gasteiger partial charge on any atom is 0.0453 e. The average Bonchev–Trinajstić information content (AvgIpc) is 2.53. The number of halogens is 1. The number of hydrogen-bond donors (Lipinski definition) is 2. The first-order valence-electron chi connectivity index (χ1n) is 7.58. The number of hydrogen-bond acceptors (Lipinski definition) is 2. The van der Waals surface area contributed by atoms with Crippen molar-refractivity contribution < 1.29 is 0 Å². The summed E-state index contributed by atoms with van der Waals surface area (Å²) in [6.45, 7) is 4.08. The largest absolute Gasteiger partial charge is 0.385 e. The van der Waals surface area contributed by atoms with E-state index in [0.717, 1.165) is 23.7 Å². The molecular formula is C18H21ClN2. The van der Waals surface area contributed by atoms with Crippen LogP contribution in [-0.4, -0.2) is 6.54 Å². The Morgan fingerprint density at radius 1 is 1.19 bits per heavy atom. The molecule has 0 spiro atoms. The number of para-hydroxylation sites is 1. The normalized spacial score (nSPS) is 15.1. The number of rotatable bonds is 4. The van der Waals surface area contributed by atoms with Crippen LogP contribution in [0.4, 0.5) is 5.69 Å². The highest BCUT2D eigenvalue weighted by Gasteiger charge is 2.13. The topological polar surface area (TPSA) is 24.1 Å². The van der Waals surface area contributed by atoms with Crippen LogP contribution in [-0.2, 0) is 13.0 Å². The van der Waals surface area contributed by atoms with Crippen LogP contribution >= 0.6 is 11.6 Å². The summed E-state index contributed by atoms with van der Waals surface area (Å²) in [6, 6.07) is 14.8. The molecule has 0 saturated carbocycles. The van der Waals surface area contributed by atoms with E-state index in [1.165, 1.54) is 29.7 Å². The second-order valence-corrected chi connectivity index (χ2v) is 6.01. The molecule has 0 saturated heterocycles. The fourth-order valence-corrected chi connectivity index (χ4v) is 3.23. The van der Waals surface area contributed by atoms with Gasteiger partial charge in [-0.25, -0.2) is 0 Å². The Hall–Kier alpha value is -1.51. The summed E-state index contributed by atoms with van der Waals surface area (Å²) in [5, 5.41) is 7.95. The molecule has 0 unspecified atom stereocenters. The minimum atomic E-state index is 0.234. The molecule has 1 aliphatic heterocycles. The Morgan fingerprint density at radius 3 is 2.90 bits per heavy atom. The predicted molar refractivity (Wildman–Crippen MR) is 90.0 cm³/mol. The van der Waals surface area contributed by atoms with E-state index in [9.17, 15) is 0 Å². The lowest BCUT2D eigenvalue weighted by Gasteiger charge is -2.23. The van der Waals surface area contributed by atoms with E-state index in [2.05, 4.69) is 41.8 Å². The first-order valence-corrected chi connectivity index (χ1v) is 7.96. The van der Waals surface area contributed by atoms with Crippen molar-refractivity contribution in [2.75, 3.05) is 11.9 Å². The number of aryl methyl sites for hydroxylation is 1. The molecule has 0 radical (unpaired) electrons. The van der Waals surface area contributed by atoms with E-state index >= 15 is 0 Å². The molecule has 2 nitrogen and oxygen atoms in total. The van der Waals surface area contributed by atoms with E-state index in [4.69, 9.17) is 11.6 Å². The van der Waals surface area contributed by atoms with Crippen molar-refractivity contribution in [3.63, 3.8) is 0 Å². The smallest absolute Gasteiger partial charge is 0.0453 e. The van der Waals surface area contributed by atoms with Crippen LogP contribution in [0.25, 0.3) is 0 Å². The lowest BCUT2D eigenvalue weighted by molar-refractivity contribution is 0.574. The van der Waals surface area contributed by atoms with Gasteiger partial charge in [0.25, 0.3) is 0 Å². The highest BCUT2D eigenvalue weighted by atomic mass is 35.5. The standard InChI is InChI=1S/C18H21ClN2/c1-13(16-9-2-3-10-17(16)19)21-12-15-7-4-6-14-8-5-11-20-18(14)15/h2-4,6-7,9-10,13,20-21H,5,8,11-12H2,1H3/t13-/m0/s1. The highest BCUT2D eigenvalue weighted by Crippen LogP contribution is 2.27. The third-order valence-corrected chi connectivity index (χ3v) is 4.48. The van der Waals surface area contributed by atoms with Gasteiger partial charge in [-0.2, -0.15) is 0 Å². The molecule has 110 valence electrons. The van der Waals surface area contributed by atoms with Crippen molar-refractivity contribution in [1.82, 2.24) is 5.32 Å². The lowest BCUT2D eigenvalue weighted by atomic mass is 9.99.